The normalized spacial score (nSPS) is 23.0. The van der Waals surface area contributed by atoms with E-state index in [0.29, 0.717) is 30.0 Å². The number of nitrogens with two attached hydrogens (primary N) is 1. The van der Waals surface area contributed by atoms with Crippen molar-refractivity contribution in [3.05, 3.63) is 47.2 Å². The van der Waals surface area contributed by atoms with Gasteiger partial charge in [0, 0.05) is 36.4 Å². The Morgan fingerprint density at radius 3 is 2.97 bits per heavy atom. The Morgan fingerprint density at radius 2 is 2.20 bits per heavy atom. The number of halogens is 1. The molecule has 0 bridgehead atoms. The average molecular weight is 433 g/mol. The van der Waals surface area contributed by atoms with Gasteiger partial charge in [-0.25, -0.2) is 0 Å². The van der Waals surface area contributed by atoms with Crippen molar-refractivity contribution in [3.8, 4) is 5.75 Å². The molecule has 30 heavy (non-hydrogen) atoms. The molecular weight excluding hydrogens is 404 g/mol. The number of rotatable bonds is 8. The highest BCUT2D eigenvalue weighted by molar-refractivity contribution is 6.30. The lowest BCUT2D eigenvalue weighted by molar-refractivity contribution is -0.148. The van der Waals surface area contributed by atoms with Gasteiger partial charge in [0.25, 0.3) is 0 Å². The lowest BCUT2D eigenvalue weighted by Crippen LogP contribution is -2.56. The molecule has 2 aliphatic rings. The average Bonchev–Trinajstić information content (AvgIpc) is 3.38. The van der Waals surface area contributed by atoms with E-state index in [0.717, 1.165) is 13.1 Å². The largest absolute Gasteiger partial charge is 0.490 e. The minimum atomic E-state index is -0.784. The fourth-order valence-electron chi connectivity index (χ4n) is 4.48. The van der Waals surface area contributed by atoms with Crippen LogP contribution in [0.4, 0.5) is 0 Å². The van der Waals surface area contributed by atoms with Gasteiger partial charge in [0.05, 0.1) is 25.3 Å². The van der Waals surface area contributed by atoms with E-state index in [1.54, 1.807) is 12.1 Å². The number of aromatic nitrogens is 2. The number of amides is 1. The first kappa shape index (κ1) is 21.2. The van der Waals surface area contributed by atoms with Gasteiger partial charge in [0.1, 0.15) is 18.0 Å². The third-order valence-corrected chi connectivity index (χ3v) is 6.12. The third-order valence-electron chi connectivity index (χ3n) is 5.88. The minimum Gasteiger partial charge on any atom is -0.490 e. The second kappa shape index (κ2) is 9.37. The Labute approximate surface area is 182 Å². The zero-order chi connectivity index (χ0) is 21.0. The molecule has 7 nitrogen and oxygen atoms in total. The van der Waals surface area contributed by atoms with Crippen LogP contribution in [0.3, 0.4) is 0 Å². The zero-order valence-electron chi connectivity index (χ0n) is 17.1. The zero-order valence-corrected chi connectivity index (χ0v) is 17.9. The Morgan fingerprint density at radius 1 is 1.37 bits per heavy atom. The molecule has 0 spiro atoms. The molecule has 2 aromatic rings. The second-order valence-corrected chi connectivity index (χ2v) is 8.83. The topological polar surface area (TPSA) is 82.6 Å². The van der Waals surface area contributed by atoms with Gasteiger partial charge in [-0.1, -0.05) is 30.5 Å². The number of nitrogens with zero attached hydrogens (tertiary/aromatic N) is 3. The highest BCUT2D eigenvalue weighted by atomic mass is 35.5. The van der Waals surface area contributed by atoms with E-state index in [-0.39, 0.29) is 13.0 Å². The number of morpholine rings is 1. The summed E-state index contributed by atoms with van der Waals surface area (Å²) in [4.78, 5) is 14.1. The van der Waals surface area contributed by atoms with E-state index < -0.39 is 11.5 Å². The first-order valence-electron chi connectivity index (χ1n) is 10.6. The lowest BCUT2D eigenvalue weighted by Gasteiger charge is -2.41. The van der Waals surface area contributed by atoms with Crippen LogP contribution < -0.4 is 10.5 Å². The van der Waals surface area contributed by atoms with E-state index in [2.05, 4.69) is 20.9 Å². The Bertz CT molecular complexity index is 868. The summed E-state index contributed by atoms with van der Waals surface area (Å²) in [7, 11) is 0. The van der Waals surface area contributed by atoms with Crippen LogP contribution in [0.25, 0.3) is 0 Å². The number of benzene rings is 1. The van der Waals surface area contributed by atoms with Crippen LogP contribution in [0, 0.1) is 0 Å². The van der Waals surface area contributed by atoms with E-state index in [4.69, 9.17) is 26.8 Å². The molecule has 4 rings (SSSR count). The van der Waals surface area contributed by atoms with Gasteiger partial charge in [0.15, 0.2) is 0 Å². The van der Waals surface area contributed by atoms with Crippen molar-refractivity contribution in [2.45, 2.75) is 50.3 Å². The number of hydrogen-bond acceptors (Lipinski definition) is 5. The molecule has 0 radical (unpaired) electrons. The highest BCUT2D eigenvalue weighted by Crippen LogP contribution is 2.30. The molecule has 2 N–H and O–H groups in total. The monoisotopic (exact) mass is 432 g/mol. The van der Waals surface area contributed by atoms with Gasteiger partial charge >= 0.3 is 0 Å². The molecule has 1 aliphatic carbocycles. The summed E-state index contributed by atoms with van der Waals surface area (Å²) in [6.07, 6.45) is 9.20. The van der Waals surface area contributed by atoms with Gasteiger partial charge in [-0.05, 0) is 31.0 Å². The van der Waals surface area contributed by atoms with Crippen molar-refractivity contribution < 1.29 is 14.3 Å². The molecule has 2 fully saturated rings. The number of primary amides is 1. The maximum atomic E-state index is 11.8. The molecule has 1 saturated heterocycles. The van der Waals surface area contributed by atoms with E-state index >= 15 is 0 Å². The molecule has 1 saturated carbocycles. The van der Waals surface area contributed by atoms with Crippen LogP contribution in [0.15, 0.2) is 36.7 Å². The van der Waals surface area contributed by atoms with Crippen LogP contribution >= 0.6 is 11.6 Å². The van der Waals surface area contributed by atoms with E-state index in [1.807, 2.05) is 18.3 Å². The number of ether oxygens (including phenoxy) is 2. The van der Waals surface area contributed by atoms with Crippen LogP contribution in [0.2, 0.25) is 5.02 Å². The summed E-state index contributed by atoms with van der Waals surface area (Å²) in [5.74, 6) is 0.241. The summed E-state index contributed by atoms with van der Waals surface area (Å²) in [5.41, 5.74) is 5.94. The molecular formula is C22H29ClN4O3. The Hall–Kier alpha value is -2.09. The molecule has 1 amide bonds. The standard InChI is InChI=1S/C22H29ClN4O3/c23-18-4-3-7-20(10-18)29-16-22(11-21(24)28)15-26(8-9-30-22)13-17-12-25-27(14-17)19-5-1-2-6-19/h3-4,7,10,12,14,19H,1-2,5-6,8-9,11,13,15-16H2,(H2,24,28). The lowest BCUT2D eigenvalue weighted by atomic mass is 9.97. The Kier molecular flexibility index (Phi) is 6.61. The number of carbonyl (C=O) groups is 1. The molecule has 1 aromatic carbocycles. The first-order valence-corrected chi connectivity index (χ1v) is 11.0. The first-order chi connectivity index (χ1) is 14.5. The van der Waals surface area contributed by atoms with Crippen molar-refractivity contribution in [1.82, 2.24) is 14.7 Å². The summed E-state index contributed by atoms with van der Waals surface area (Å²) in [6.45, 7) is 2.85. The molecule has 1 unspecified atom stereocenters. The van der Waals surface area contributed by atoms with Gasteiger partial charge < -0.3 is 15.2 Å². The maximum Gasteiger partial charge on any atom is 0.220 e. The van der Waals surface area contributed by atoms with Crippen LogP contribution in [0.1, 0.15) is 43.7 Å². The quantitative estimate of drug-likeness (QED) is 0.692. The molecule has 1 aliphatic heterocycles. The molecule has 1 aromatic heterocycles. The number of hydrogen-bond donors (Lipinski definition) is 1. The van der Waals surface area contributed by atoms with Crippen molar-refractivity contribution in [2.75, 3.05) is 26.3 Å². The number of carbonyl (C=O) groups excluding carboxylic acids is 1. The second-order valence-electron chi connectivity index (χ2n) is 8.40. The fraction of sp³-hybridized carbons (Fsp3) is 0.545. The van der Waals surface area contributed by atoms with Crippen LogP contribution in [-0.4, -0.2) is 52.5 Å². The van der Waals surface area contributed by atoms with Crippen molar-refractivity contribution in [1.29, 1.82) is 0 Å². The van der Waals surface area contributed by atoms with Crippen molar-refractivity contribution >= 4 is 17.5 Å². The summed E-state index contributed by atoms with van der Waals surface area (Å²) in [6, 6.07) is 7.73. The minimum absolute atomic E-state index is 0.103. The summed E-state index contributed by atoms with van der Waals surface area (Å²) >= 11 is 6.05. The van der Waals surface area contributed by atoms with E-state index in [1.165, 1.54) is 31.2 Å². The van der Waals surface area contributed by atoms with Gasteiger partial charge in [-0.15, -0.1) is 0 Å². The van der Waals surface area contributed by atoms with Gasteiger partial charge in [0.2, 0.25) is 5.91 Å². The van der Waals surface area contributed by atoms with Gasteiger partial charge in [-0.2, -0.15) is 5.10 Å². The van der Waals surface area contributed by atoms with E-state index in [9.17, 15) is 4.79 Å². The Balaban J connectivity index is 1.42. The predicted octanol–water partition coefficient (Wildman–Crippen LogP) is 3.18. The molecule has 2 heterocycles. The van der Waals surface area contributed by atoms with Crippen molar-refractivity contribution in [3.63, 3.8) is 0 Å². The smallest absolute Gasteiger partial charge is 0.220 e. The summed E-state index contributed by atoms with van der Waals surface area (Å²) < 4.78 is 14.1. The maximum absolute atomic E-state index is 11.8. The summed E-state index contributed by atoms with van der Waals surface area (Å²) in [5, 5.41) is 5.18. The fourth-order valence-corrected chi connectivity index (χ4v) is 4.66. The van der Waals surface area contributed by atoms with Gasteiger partial charge in [-0.3, -0.25) is 14.4 Å². The predicted molar refractivity (Wildman–Crippen MR) is 114 cm³/mol. The molecule has 8 heteroatoms. The van der Waals surface area contributed by atoms with Crippen LogP contribution in [-0.2, 0) is 16.1 Å². The highest BCUT2D eigenvalue weighted by Gasteiger charge is 2.39. The van der Waals surface area contributed by atoms with Crippen molar-refractivity contribution in [2.24, 2.45) is 5.73 Å². The van der Waals surface area contributed by atoms with Crippen LogP contribution in [0.5, 0.6) is 5.75 Å². The molecule has 162 valence electrons. The molecule has 1 atom stereocenters. The third kappa shape index (κ3) is 5.33. The SMILES string of the molecule is NC(=O)CC1(COc2cccc(Cl)c2)CN(Cc2cnn(C3CCCC3)c2)CCO1.